The standard InChI is InChI=1S/C35H55NO2/c1-10-11-12-13-14-15-16-17-22-38-32-20-19-29(23-26(32)2)36-33(37)21-18-28-24-30(34(4,5)6)27(3)31(25-28)35(7,8)9/h19-20,23-25H,10-18,21-22H2,1-9H3,(H,36,37). The van der Waals surface area contributed by atoms with E-state index in [1.54, 1.807) is 0 Å². The average molecular weight is 522 g/mol. The number of carbonyl (C=O) groups excluding carboxylic acids is 1. The zero-order chi connectivity index (χ0) is 28.3. The van der Waals surface area contributed by atoms with Crippen LogP contribution in [0.1, 0.15) is 134 Å². The fourth-order valence-electron chi connectivity index (χ4n) is 5.26. The Kier molecular flexibility index (Phi) is 12.4. The van der Waals surface area contributed by atoms with Gasteiger partial charge in [0.1, 0.15) is 5.75 Å². The van der Waals surface area contributed by atoms with E-state index in [1.807, 2.05) is 25.1 Å². The largest absolute Gasteiger partial charge is 0.493 e. The molecule has 0 saturated carbocycles. The molecule has 0 aliphatic carbocycles. The Hall–Kier alpha value is -2.29. The third-order valence-electron chi connectivity index (χ3n) is 7.44. The first kappa shape index (κ1) is 31.9. The van der Waals surface area contributed by atoms with Crippen LogP contribution in [0.2, 0.25) is 0 Å². The summed E-state index contributed by atoms with van der Waals surface area (Å²) in [6, 6.07) is 10.6. The Morgan fingerprint density at radius 3 is 1.87 bits per heavy atom. The monoisotopic (exact) mass is 521 g/mol. The van der Waals surface area contributed by atoms with Crippen LogP contribution in [-0.4, -0.2) is 12.5 Å². The average Bonchev–Trinajstić information content (AvgIpc) is 2.82. The van der Waals surface area contributed by atoms with Crippen LogP contribution in [0.15, 0.2) is 30.3 Å². The van der Waals surface area contributed by atoms with Gasteiger partial charge in [0.15, 0.2) is 0 Å². The van der Waals surface area contributed by atoms with Crippen LogP contribution < -0.4 is 10.1 Å². The molecule has 0 spiro atoms. The van der Waals surface area contributed by atoms with E-state index >= 15 is 0 Å². The minimum Gasteiger partial charge on any atom is -0.493 e. The highest BCUT2D eigenvalue weighted by molar-refractivity contribution is 5.91. The molecule has 0 saturated heterocycles. The molecule has 38 heavy (non-hydrogen) atoms. The number of aryl methyl sites for hydroxylation is 2. The maximum atomic E-state index is 12.8. The summed E-state index contributed by atoms with van der Waals surface area (Å²) in [7, 11) is 0. The second-order valence-corrected chi connectivity index (χ2v) is 13.2. The quantitative estimate of drug-likeness (QED) is 0.251. The van der Waals surface area contributed by atoms with E-state index in [1.165, 1.54) is 67.2 Å². The highest BCUT2D eigenvalue weighted by Crippen LogP contribution is 2.35. The molecular weight excluding hydrogens is 466 g/mol. The maximum absolute atomic E-state index is 12.8. The normalized spacial score (nSPS) is 12.0. The summed E-state index contributed by atoms with van der Waals surface area (Å²) in [5, 5.41) is 3.09. The first-order valence-corrected chi connectivity index (χ1v) is 15.0. The zero-order valence-electron chi connectivity index (χ0n) is 26.0. The minimum atomic E-state index is 0.0483. The molecule has 1 N–H and O–H groups in total. The van der Waals surface area contributed by atoms with Crippen molar-refractivity contribution in [2.24, 2.45) is 0 Å². The van der Waals surface area contributed by atoms with Crippen LogP contribution in [0.25, 0.3) is 0 Å². The second kappa shape index (κ2) is 14.8. The predicted molar refractivity (Wildman–Crippen MR) is 165 cm³/mol. The van der Waals surface area contributed by atoms with Crippen LogP contribution in [0, 0.1) is 13.8 Å². The van der Waals surface area contributed by atoms with E-state index in [0.717, 1.165) is 36.4 Å². The van der Waals surface area contributed by atoms with E-state index in [0.29, 0.717) is 6.42 Å². The highest BCUT2D eigenvalue weighted by Gasteiger charge is 2.24. The van der Waals surface area contributed by atoms with Crippen molar-refractivity contribution in [1.82, 2.24) is 0 Å². The van der Waals surface area contributed by atoms with Gasteiger partial charge >= 0.3 is 0 Å². The number of anilines is 1. The van der Waals surface area contributed by atoms with Crippen LogP contribution in [0.5, 0.6) is 5.75 Å². The van der Waals surface area contributed by atoms with Crippen molar-refractivity contribution in [2.45, 2.75) is 137 Å². The maximum Gasteiger partial charge on any atom is 0.224 e. The van der Waals surface area contributed by atoms with Gasteiger partial charge < -0.3 is 10.1 Å². The number of ether oxygens (including phenoxy) is 1. The second-order valence-electron chi connectivity index (χ2n) is 13.2. The minimum absolute atomic E-state index is 0.0483. The number of unbranched alkanes of at least 4 members (excludes halogenated alkanes) is 7. The Bertz CT molecular complexity index is 988. The van der Waals surface area contributed by atoms with Gasteiger partial charge in [-0.2, -0.15) is 0 Å². The number of amides is 1. The summed E-state index contributed by atoms with van der Waals surface area (Å²) in [6.07, 6.45) is 11.6. The van der Waals surface area contributed by atoms with Crippen molar-refractivity contribution in [3.8, 4) is 5.75 Å². The van der Waals surface area contributed by atoms with Crippen molar-refractivity contribution < 1.29 is 9.53 Å². The van der Waals surface area contributed by atoms with E-state index in [4.69, 9.17) is 4.74 Å². The van der Waals surface area contributed by atoms with Crippen molar-refractivity contribution in [1.29, 1.82) is 0 Å². The molecule has 2 aromatic rings. The number of carbonyl (C=O) groups is 1. The van der Waals surface area contributed by atoms with Gasteiger partial charge in [0.2, 0.25) is 5.91 Å². The van der Waals surface area contributed by atoms with E-state index in [-0.39, 0.29) is 16.7 Å². The van der Waals surface area contributed by atoms with Gasteiger partial charge in [0.05, 0.1) is 6.61 Å². The van der Waals surface area contributed by atoms with Crippen molar-refractivity contribution in [3.63, 3.8) is 0 Å². The lowest BCUT2D eigenvalue weighted by molar-refractivity contribution is -0.116. The number of benzene rings is 2. The molecule has 3 nitrogen and oxygen atoms in total. The number of nitrogens with one attached hydrogen (secondary N) is 1. The first-order valence-electron chi connectivity index (χ1n) is 15.0. The molecule has 0 bridgehead atoms. The van der Waals surface area contributed by atoms with Gasteiger partial charge in [0, 0.05) is 12.1 Å². The fraction of sp³-hybridized carbons (Fsp3) is 0.629. The number of hydrogen-bond acceptors (Lipinski definition) is 2. The van der Waals surface area contributed by atoms with Crippen molar-refractivity contribution in [3.05, 3.63) is 58.1 Å². The fourth-order valence-corrected chi connectivity index (χ4v) is 5.26. The molecule has 0 heterocycles. The van der Waals surface area contributed by atoms with E-state index < -0.39 is 0 Å². The summed E-state index contributed by atoms with van der Waals surface area (Å²) >= 11 is 0. The molecule has 0 aromatic heterocycles. The molecule has 0 atom stereocenters. The molecular formula is C35H55NO2. The van der Waals surface area contributed by atoms with Crippen molar-refractivity contribution >= 4 is 11.6 Å². The van der Waals surface area contributed by atoms with Crippen LogP contribution in [0.3, 0.4) is 0 Å². The highest BCUT2D eigenvalue weighted by atomic mass is 16.5. The summed E-state index contributed by atoms with van der Waals surface area (Å²) in [4.78, 5) is 12.8. The zero-order valence-corrected chi connectivity index (χ0v) is 26.0. The molecule has 2 aromatic carbocycles. The van der Waals surface area contributed by atoms with E-state index in [2.05, 4.69) is 72.8 Å². The number of hydrogen-bond donors (Lipinski definition) is 1. The lowest BCUT2D eigenvalue weighted by Gasteiger charge is -2.30. The number of rotatable bonds is 14. The van der Waals surface area contributed by atoms with Gasteiger partial charge in [-0.3, -0.25) is 4.79 Å². The molecule has 0 radical (unpaired) electrons. The SMILES string of the molecule is CCCCCCCCCCOc1ccc(NC(=O)CCc2cc(C(C)(C)C)c(C)c(C(C)(C)C)c2)cc1C. The first-order chi connectivity index (χ1) is 17.8. The summed E-state index contributed by atoms with van der Waals surface area (Å²) in [5.41, 5.74) is 7.39. The molecule has 0 aliphatic rings. The molecule has 1 amide bonds. The van der Waals surface area contributed by atoms with Crippen LogP contribution in [0.4, 0.5) is 5.69 Å². The van der Waals surface area contributed by atoms with Gasteiger partial charge in [-0.25, -0.2) is 0 Å². The summed E-state index contributed by atoms with van der Waals surface area (Å²) in [6.45, 7) is 20.9. The third kappa shape index (κ3) is 10.5. The van der Waals surface area contributed by atoms with Crippen LogP contribution >= 0.6 is 0 Å². The predicted octanol–water partition coefficient (Wildman–Crippen LogP) is 9.99. The van der Waals surface area contributed by atoms with Gasteiger partial charge in [-0.05, 0) is 83.5 Å². The van der Waals surface area contributed by atoms with Gasteiger partial charge in [-0.15, -0.1) is 0 Å². The van der Waals surface area contributed by atoms with Crippen molar-refractivity contribution in [2.75, 3.05) is 11.9 Å². The lowest BCUT2D eigenvalue weighted by Crippen LogP contribution is -2.20. The Balaban J connectivity index is 1.88. The Morgan fingerprint density at radius 2 is 1.34 bits per heavy atom. The summed E-state index contributed by atoms with van der Waals surface area (Å²) < 4.78 is 6.02. The topological polar surface area (TPSA) is 38.3 Å². The Morgan fingerprint density at radius 1 is 0.789 bits per heavy atom. The van der Waals surface area contributed by atoms with E-state index in [9.17, 15) is 4.79 Å². The van der Waals surface area contributed by atoms with Gasteiger partial charge in [-0.1, -0.05) is 106 Å². The van der Waals surface area contributed by atoms with Crippen LogP contribution in [-0.2, 0) is 22.0 Å². The molecule has 3 heteroatoms. The molecule has 2 rings (SSSR count). The lowest BCUT2D eigenvalue weighted by atomic mass is 9.75. The summed E-state index contributed by atoms with van der Waals surface area (Å²) in [5.74, 6) is 0.960. The molecule has 0 aliphatic heterocycles. The third-order valence-corrected chi connectivity index (χ3v) is 7.44. The smallest absolute Gasteiger partial charge is 0.224 e. The van der Waals surface area contributed by atoms with Gasteiger partial charge in [0.25, 0.3) is 0 Å². The molecule has 0 unspecified atom stereocenters. The Labute approximate surface area is 234 Å². The molecule has 0 fully saturated rings. The molecule has 212 valence electrons.